The van der Waals surface area contributed by atoms with Crippen LogP contribution >= 0.6 is 11.8 Å². The van der Waals surface area contributed by atoms with Crippen molar-refractivity contribution in [3.05, 3.63) is 0 Å². The molecule has 3 N–H and O–H groups in total. The Hall–Kier alpha value is 0.120. The first-order chi connectivity index (χ1) is 6.72. The first kappa shape index (κ1) is 15.1. The summed E-state index contributed by atoms with van der Waals surface area (Å²) in [7, 11) is -3.34. The average molecular weight is 260 g/mol. The zero-order chi connectivity index (χ0) is 12.1. The van der Waals surface area contributed by atoms with Crippen molar-refractivity contribution < 1.29 is 18.6 Å². The van der Waals surface area contributed by atoms with Crippen molar-refractivity contribution in [3.8, 4) is 0 Å². The van der Waals surface area contributed by atoms with Crippen LogP contribution in [0.25, 0.3) is 0 Å². The van der Waals surface area contributed by atoms with Gasteiger partial charge in [-0.15, -0.1) is 0 Å². The Balaban J connectivity index is 4.17. The molecule has 0 aliphatic carbocycles. The molecule has 0 fully saturated rings. The van der Waals surface area contributed by atoms with Gasteiger partial charge in [0.2, 0.25) is 0 Å². The lowest BCUT2D eigenvalue weighted by Crippen LogP contribution is -2.36. The van der Waals surface area contributed by atoms with E-state index in [9.17, 15) is 8.42 Å². The zero-order valence-electron chi connectivity index (χ0n) is 8.90. The van der Waals surface area contributed by atoms with Crippen LogP contribution in [0.4, 0.5) is 0 Å². The molecule has 92 valence electrons. The highest BCUT2D eigenvalue weighted by molar-refractivity contribution is 7.91. The van der Waals surface area contributed by atoms with E-state index in [0.29, 0.717) is 6.42 Å². The van der Waals surface area contributed by atoms with E-state index >= 15 is 0 Å². The maximum atomic E-state index is 11.4. The van der Waals surface area contributed by atoms with Crippen LogP contribution in [0.1, 0.15) is 20.3 Å². The van der Waals surface area contributed by atoms with Crippen molar-refractivity contribution in [2.45, 2.75) is 31.9 Å². The van der Waals surface area contributed by atoms with Crippen LogP contribution in [0, 0.1) is 0 Å². The van der Waals surface area contributed by atoms with Gasteiger partial charge in [0, 0.05) is 5.54 Å². The highest BCUT2D eigenvalue weighted by Gasteiger charge is 2.22. The number of hydrogen-bond acceptors (Lipinski definition) is 5. The van der Waals surface area contributed by atoms with Crippen molar-refractivity contribution in [2.24, 2.45) is 0 Å². The first-order valence-corrected chi connectivity index (χ1v) is 6.79. The van der Waals surface area contributed by atoms with Crippen molar-refractivity contribution in [1.29, 1.82) is 0 Å². The third-order valence-corrected chi connectivity index (χ3v) is 4.18. The summed E-state index contributed by atoms with van der Waals surface area (Å²) in [6.07, 6.45) is -0.862. The molecule has 1 atom stereocenters. The van der Waals surface area contributed by atoms with Crippen molar-refractivity contribution in [2.75, 3.05) is 18.1 Å². The molecule has 0 bridgehead atoms. The molecule has 0 saturated carbocycles. The first-order valence-electron chi connectivity index (χ1n) is 4.59. The topological polar surface area (TPSA) is 86.6 Å². The van der Waals surface area contributed by atoms with E-state index in [1.807, 2.05) is 0 Å². The van der Waals surface area contributed by atoms with Gasteiger partial charge in [0.1, 0.15) is 0 Å². The minimum atomic E-state index is -3.34. The van der Waals surface area contributed by atoms with E-state index in [2.05, 4.69) is 4.84 Å². The monoisotopic (exact) mass is 259 g/mol. The Morgan fingerprint density at radius 2 is 2.00 bits per heavy atom. The lowest BCUT2D eigenvalue weighted by molar-refractivity contribution is 0.112. The van der Waals surface area contributed by atoms with Crippen LogP contribution < -0.4 is 4.84 Å². The van der Waals surface area contributed by atoms with Crippen LogP contribution in [0.3, 0.4) is 0 Å². The average Bonchev–Trinajstić information content (AvgIpc) is 2.14. The molecule has 0 radical (unpaired) electrons. The lowest BCUT2D eigenvalue weighted by atomic mass is 10.0. The van der Waals surface area contributed by atoms with Crippen LogP contribution in [0.5, 0.6) is 0 Å². The zero-order valence-corrected chi connectivity index (χ0v) is 10.5. The van der Waals surface area contributed by atoms with Gasteiger partial charge in [-0.3, -0.25) is 0 Å². The summed E-state index contributed by atoms with van der Waals surface area (Å²) >= 11 is 5.42. The highest BCUT2D eigenvalue weighted by Crippen LogP contribution is 2.11. The number of rotatable bonds is 7. The van der Waals surface area contributed by atoms with Crippen LogP contribution in [0.15, 0.2) is 0 Å². The minimum Gasteiger partial charge on any atom is -0.394 e. The fourth-order valence-corrected chi connectivity index (χ4v) is 2.66. The molecule has 0 aromatic heterocycles. The smallest absolute Gasteiger partial charge is 0.153 e. The summed E-state index contributed by atoms with van der Waals surface area (Å²) in [5, 5.41) is 17.5. The SMILES string of the molecule is CC(C)(CCS(=O)(=O)CC(O)CO)NCl. The third kappa shape index (κ3) is 7.08. The molecular formula is C8H18ClNO4S. The normalized spacial score (nSPS) is 15.3. The number of nitrogens with one attached hydrogen (secondary N) is 1. The second kappa shape index (κ2) is 6.00. The molecule has 5 nitrogen and oxygen atoms in total. The third-order valence-electron chi connectivity index (χ3n) is 1.95. The van der Waals surface area contributed by atoms with Gasteiger partial charge in [-0.25, -0.2) is 13.3 Å². The maximum Gasteiger partial charge on any atom is 0.153 e. The van der Waals surface area contributed by atoms with E-state index in [1.54, 1.807) is 13.8 Å². The minimum absolute atomic E-state index is 0.0726. The van der Waals surface area contributed by atoms with E-state index in [0.717, 1.165) is 0 Å². The van der Waals surface area contributed by atoms with Gasteiger partial charge >= 0.3 is 0 Å². The Bertz CT molecular complexity index is 278. The van der Waals surface area contributed by atoms with Crippen LogP contribution in [0.2, 0.25) is 0 Å². The summed E-state index contributed by atoms with van der Waals surface area (Å²) in [5.74, 6) is -0.487. The quantitative estimate of drug-likeness (QED) is 0.545. The molecule has 0 saturated heterocycles. The van der Waals surface area contributed by atoms with E-state index in [-0.39, 0.29) is 5.75 Å². The summed E-state index contributed by atoms with van der Waals surface area (Å²) in [4.78, 5) is 2.48. The van der Waals surface area contributed by atoms with Gasteiger partial charge in [-0.05, 0) is 32.0 Å². The summed E-state index contributed by atoms with van der Waals surface area (Å²) in [6.45, 7) is 3.01. The molecule has 0 amide bonds. The summed E-state index contributed by atoms with van der Waals surface area (Å²) in [6, 6.07) is 0. The standard InChI is InChI=1S/C8H18ClNO4S/c1-8(2,10-9)3-4-15(13,14)6-7(12)5-11/h7,10-12H,3-6H2,1-2H3. The van der Waals surface area contributed by atoms with E-state index < -0.39 is 33.8 Å². The lowest BCUT2D eigenvalue weighted by Gasteiger charge is -2.22. The van der Waals surface area contributed by atoms with Gasteiger partial charge < -0.3 is 10.2 Å². The Kier molecular flexibility index (Phi) is 6.05. The van der Waals surface area contributed by atoms with Gasteiger partial charge in [0.25, 0.3) is 0 Å². The molecule has 1 unspecified atom stereocenters. The molecule has 0 aromatic carbocycles. The van der Waals surface area contributed by atoms with Crippen LogP contribution in [-0.4, -0.2) is 48.4 Å². The van der Waals surface area contributed by atoms with Gasteiger partial charge in [0.15, 0.2) is 9.84 Å². The number of sulfone groups is 1. The molecule has 0 aliphatic rings. The summed E-state index contributed by atoms with van der Waals surface area (Å²) < 4.78 is 22.8. The van der Waals surface area contributed by atoms with Gasteiger partial charge in [0.05, 0.1) is 24.2 Å². The predicted molar refractivity (Wildman–Crippen MR) is 59.4 cm³/mol. The molecular weight excluding hydrogens is 242 g/mol. The molecule has 15 heavy (non-hydrogen) atoms. The summed E-state index contributed by atoms with van der Waals surface area (Å²) in [5.41, 5.74) is -0.473. The largest absolute Gasteiger partial charge is 0.394 e. The second-order valence-corrected chi connectivity index (χ2v) is 6.60. The molecule has 7 heteroatoms. The van der Waals surface area contributed by atoms with Gasteiger partial charge in [-0.2, -0.15) is 0 Å². The van der Waals surface area contributed by atoms with Crippen molar-refractivity contribution >= 4 is 21.6 Å². The maximum absolute atomic E-state index is 11.4. The number of aliphatic hydroxyl groups excluding tert-OH is 2. The number of halogens is 1. The Morgan fingerprint density at radius 3 is 2.40 bits per heavy atom. The molecule has 0 heterocycles. The fraction of sp³-hybridized carbons (Fsp3) is 1.00. The fourth-order valence-electron chi connectivity index (χ4n) is 0.887. The highest BCUT2D eigenvalue weighted by atomic mass is 35.5. The molecule has 0 aliphatic heterocycles. The van der Waals surface area contributed by atoms with E-state index in [4.69, 9.17) is 22.0 Å². The van der Waals surface area contributed by atoms with Crippen molar-refractivity contribution in [3.63, 3.8) is 0 Å². The second-order valence-electron chi connectivity index (χ2n) is 4.18. The van der Waals surface area contributed by atoms with Crippen LogP contribution in [-0.2, 0) is 9.84 Å². The Labute approximate surface area is 95.5 Å². The number of aliphatic hydroxyl groups is 2. The Morgan fingerprint density at radius 1 is 1.47 bits per heavy atom. The van der Waals surface area contributed by atoms with Crippen molar-refractivity contribution in [1.82, 2.24) is 4.84 Å². The molecule has 0 rings (SSSR count). The van der Waals surface area contributed by atoms with E-state index in [1.165, 1.54) is 0 Å². The number of hydrogen-bond donors (Lipinski definition) is 3. The molecule has 0 spiro atoms. The predicted octanol–water partition coefficient (Wildman–Crippen LogP) is -0.333. The van der Waals surface area contributed by atoms with Gasteiger partial charge in [-0.1, -0.05) is 0 Å². The molecule has 0 aromatic rings.